The highest BCUT2D eigenvalue weighted by Gasteiger charge is 2.12. The highest BCUT2D eigenvalue weighted by Crippen LogP contribution is 2.23. The number of hydrogen-bond donors (Lipinski definition) is 1. The molecule has 0 radical (unpaired) electrons. The minimum Gasteiger partial charge on any atom is -0.431 e. The highest BCUT2D eigenvalue weighted by molar-refractivity contribution is 7.99. The summed E-state index contributed by atoms with van der Waals surface area (Å²) in [6, 6.07) is 15.3. The van der Waals surface area contributed by atoms with Crippen LogP contribution in [0.5, 0.6) is 0 Å². The summed E-state index contributed by atoms with van der Waals surface area (Å²) in [6.45, 7) is 1.95. The number of nitrogens with one attached hydrogen (secondary N) is 1. The second-order valence-electron chi connectivity index (χ2n) is 5.96. The zero-order valence-corrected chi connectivity index (χ0v) is 15.4. The third-order valence-corrected chi connectivity index (χ3v) is 4.88. The predicted molar refractivity (Wildman–Crippen MR) is 103 cm³/mol. The van der Waals surface area contributed by atoms with Crippen LogP contribution in [0.15, 0.2) is 70.8 Å². The van der Waals surface area contributed by atoms with Gasteiger partial charge in [-0.2, -0.15) is 5.10 Å². The standard InChI is InChI=1S/C19H17N5O2S/c1-13(14-6-8-15(9-7-14)24-12-20-11-21-24)22-18(25)10-27-19-23-16-4-2-3-5-17(16)26-19/h2-9,11-13H,10H2,1H3,(H,22,25)/t13-/m1/s1. The molecule has 1 atom stereocenters. The molecular formula is C19H17N5O2S. The van der Waals surface area contributed by atoms with Crippen molar-refractivity contribution >= 4 is 28.8 Å². The summed E-state index contributed by atoms with van der Waals surface area (Å²) in [7, 11) is 0. The van der Waals surface area contributed by atoms with Gasteiger partial charge in [0.25, 0.3) is 5.22 Å². The Balaban J connectivity index is 1.33. The Hall–Kier alpha value is -3.13. The number of thioether (sulfide) groups is 1. The number of amides is 1. The van der Waals surface area contributed by atoms with Crippen LogP contribution in [0.25, 0.3) is 16.8 Å². The molecule has 7 nitrogen and oxygen atoms in total. The van der Waals surface area contributed by atoms with Gasteiger partial charge in [0, 0.05) is 0 Å². The summed E-state index contributed by atoms with van der Waals surface area (Å²) in [5.41, 5.74) is 3.45. The molecule has 4 aromatic rings. The normalized spacial score (nSPS) is 12.2. The van der Waals surface area contributed by atoms with Crippen LogP contribution in [0.4, 0.5) is 0 Å². The number of rotatable bonds is 6. The van der Waals surface area contributed by atoms with Crippen molar-refractivity contribution in [1.82, 2.24) is 25.1 Å². The second-order valence-corrected chi connectivity index (χ2v) is 6.88. The van der Waals surface area contributed by atoms with Gasteiger partial charge in [0.1, 0.15) is 18.2 Å². The van der Waals surface area contributed by atoms with E-state index in [1.165, 1.54) is 18.1 Å². The predicted octanol–water partition coefficient (Wildman–Crippen LogP) is 3.38. The average Bonchev–Trinajstić information content (AvgIpc) is 3.36. The zero-order valence-electron chi connectivity index (χ0n) is 14.6. The molecule has 2 aromatic carbocycles. The first-order valence-electron chi connectivity index (χ1n) is 8.42. The molecule has 1 N–H and O–H groups in total. The monoisotopic (exact) mass is 379 g/mol. The Morgan fingerprint density at radius 2 is 2.04 bits per heavy atom. The van der Waals surface area contributed by atoms with E-state index in [-0.39, 0.29) is 17.7 Å². The molecule has 8 heteroatoms. The summed E-state index contributed by atoms with van der Waals surface area (Å²) >= 11 is 1.28. The topological polar surface area (TPSA) is 85.8 Å². The molecule has 0 unspecified atom stereocenters. The van der Waals surface area contributed by atoms with E-state index in [0.717, 1.165) is 22.4 Å². The van der Waals surface area contributed by atoms with Gasteiger partial charge >= 0.3 is 0 Å². The SMILES string of the molecule is C[C@@H](NC(=O)CSc1nc2ccccc2o1)c1ccc(-n2cncn2)cc1. The van der Waals surface area contributed by atoms with Gasteiger partial charge in [-0.05, 0) is 36.8 Å². The summed E-state index contributed by atoms with van der Waals surface area (Å²) in [5, 5.41) is 7.58. The van der Waals surface area contributed by atoms with Crippen LogP contribution >= 0.6 is 11.8 Å². The number of hydrogen-bond acceptors (Lipinski definition) is 6. The van der Waals surface area contributed by atoms with Crippen LogP contribution < -0.4 is 5.32 Å². The van der Waals surface area contributed by atoms with Crippen molar-refractivity contribution in [1.29, 1.82) is 0 Å². The molecule has 4 rings (SSSR count). The Bertz CT molecular complexity index is 1010. The molecule has 2 heterocycles. The van der Waals surface area contributed by atoms with Crippen molar-refractivity contribution < 1.29 is 9.21 Å². The first kappa shape index (κ1) is 17.3. The highest BCUT2D eigenvalue weighted by atomic mass is 32.2. The molecule has 1 amide bonds. The average molecular weight is 379 g/mol. The second kappa shape index (κ2) is 7.63. The van der Waals surface area contributed by atoms with Crippen LogP contribution in [0.3, 0.4) is 0 Å². The molecule has 0 bridgehead atoms. The van der Waals surface area contributed by atoms with E-state index in [1.807, 2.05) is 55.5 Å². The molecule has 0 saturated heterocycles. The van der Waals surface area contributed by atoms with Crippen molar-refractivity contribution in [2.24, 2.45) is 0 Å². The van der Waals surface area contributed by atoms with Crippen molar-refractivity contribution in [2.45, 2.75) is 18.2 Å². The van der Waals surface area contributed by atoms with Crippen molar-refractivity contribution in [2.75, 3.05) is 5.75 Å². The Morgan fingerprint density at radius 1 is 1.22 bits per heavy atom. The maximum Gasteiger partial charge on any atom is 0.257 e. The molecule has 0 saturated carbocycles. The van der Waals surface area contributed by atoms with Crippen molar-refractivity contribution in [3.8, 4) is 5.69 Å². The van der Waals surface area contributed by atoms with Gasteiger partial charge in [0.2, 0.25) is 5.91 Å². The first-order valence-corrected chi connectivity index (χ1v) is 9.40. The van der Waals surface area contributed by atoms with E-state index >= 15 is 0 Å². The summed E-state index contributed by atoms with van der Waals surface area (Å²) in [5.74, 6) is 0.170. The minimum atomic E-state index is -0.105. The summed E-state index contributed by atoms with van der Waals surface area (Å²) < 4.78 is 7.30. The number of aromatic nitrogens is 4. The maximum absolute atomic E-state index is 12.2. The van der Waals surface area contributed by atoms with Gasteiger partial charge in [0.15, 0.2) is 5.58 Å². The molecular weight excluding hydrogens is 362 g/mol. The van der Waals surface area contributed by atoms with Crippen molar-refractivity contribution in [3.63, 3.8) is 0 Å². The molecule has 2 aromatic heterocycles. The van der Waals surface area contributed by atoms with E-state index in [9.17, 15) is 4.79 Å². The van der Waals surface area contributed by atoms with Gasteiger partial charge in [-0.1, -0.05) is 36.0 Å². The van der Waals surface area contributed by atoms with Gasteiger partial charge < -0.3 is 9.73 Å². The van der Waals surface area contributed by atoms with Crippen LogP contribution in [0.2, 0.25) is 0 Å². The van der Waals surface area contributed by atoms with Gasteiger partial charge in [-0.3, -0.25) is 4.79 Å². The molecule has 0 aliphatic heterocycles. The van der Waals surface area contributed by atoms with E-state index in [4.69, 9.17) is 4.42 Å². The Labute approximate surface area is 159 Å². The van der Waals surface area contributed by atoms with E-state index < -0.39 is 0 Å². The third-order valence-electron chi connectivity index (χ3n) is 4.05. The fourth-order valence-electron chi connectivity index (χ4n) is 2.66. The number of carbonyl (C=O) groups is 1. The number of fused-ring (bicyclic) bond motifs is 1. The summed E-state index contributed by atoms with van der Waals surface area (Å²) in [6.07, 6.45) is 3.13. The van der Waals surface area contributed by atoms with Crippen LogP contribution in [0.1, 0.15) is 18.5 Å². The third kappa shape index (κ3) is 4.01. The maximum atomic E-state index is 12.2. The quantitative estimate of drug-likeness (QED) is 0.517. The minimum absolute atomic E-state index is 0.0740. The first-order chi connectivity index (χ1) is 13.2. The van der Waals surface area contributed by atoms with E-state index in [2.05, 4.69) is 20.4 Å². The molecule has 0 spiro atoms. The fraction of sp³-hybridized carbons (Fsp3) is 0.158. The largest absolute Gasteiger partial charge is 0.431 e. The van der Waals surface area contributed by atoms with Crippen LogP contribution in [-0.2, 0) is 4.79 Å². The zero-order chi connectivity index (χ0) is 18.6. The number of oxazole rings is 1. The van der Waals surface area contributed by atoms with Crippen molar-refractivity contribution in [3.05, 3.63) is 66.7 Å². The lowest BCUT2D eigenvalue weighted by atomic mass is 10.1. The number of carbonyl (C=O) groups excluding carboxylic acids is 1. The number of nitrogens with zero attached hydrogens (tertiary/aromatic N) is 4. The van der Waals surface area contributed by atoms with E-state index in [0.29, 0.717) is 5.22 Å². The van der Waals surface area contributed by atoms with E-state index in [1.54, 1.807) is 11.0 Å². The smallest absolute Gasteiger partial charge is 0.257 e. The van der Waals surface area contributed by atoms with Crippen LogP contribution in [-0.4, -0.2) is 31.4 Å². The number of benzene rings is 2. The van der Waals surface area contributed by atoms with Gasteiger partial charge in [0.05, 0.1) is 17.5 Å². The molecule has 0 aliphatic carbocycles. The summed E-state index contributed by atoms with van der Waals surface area (Å²) in [4.78, 5) is 20.5. The lowest BCUT2D eigenvalue weighted by molar-refractivity contribution is -0.119. The van der Waals surface area contributed by atoms with Crippen LogP contribution in [0, 0.1) is 0 Å². The molecule has 0 fully saturated rings. The van der Waals surface area contributed by atoms with Gasteiger partial charge in [-0.25, -0.2) is 14.6 Å². The lowest BCUT2D eigenvalue weighted by Crippen LogP contribution is -2.28. The Morgan fingerprint density at radius 3 is 2.78 bits per heavy atom. The molecule has 0 aliphatic rings. The molecule has 27 heavy (non-hydrogen) atoms. The molecule has 136 valence electrons. The Kier molecular flexibility index (Phi) is 4.88. The lowest BCUT2D eigenvalue weighted by Gasteiger charge is -2.14. The number of para-hydroxylation sites is 2. The fourth-order valence-corrected chi connectivity index (χ4v) is 3.31. The van der Waals surface area contributed by atoms with Gasteiger partial charge in [-0.15, -0.1) is 0 Å².